The molecule has 0 amide bonds. The highest BCUT2D eigenvalue weighted by atomic mass is 16.5. The van der Waals surface area contributed by atoms with Crippen LogP contribution in [0.25, 0.3) is 0 Å². The van der Waals surface area contributed by atoms with E-state index in [0.29, 0.717) is 0 Å². The number of nitrogens with zero attached hydrogens (tertiary/aromatic N) is 3. The maximum atomic E-state index is 5.48. The summed E-state index contributed by atoms with van der Waals surface area (Å²) in [6, 6.07) is 26.5. The van der Waals surface area contributed by atoms with Crippen molar-refractivity contribution < 1.29 is 4.74 Å². The Morgan fingerprint density at radius 2 is 1.36 bits per heavy atom. The van der Waals surface area contributed by atoms with Crippen LogP contribution in [0, 0.1) is 0 Å². The van der Waals surface area contributed by atoms with Gasteiger partial charge >= 0.3 is 0 Å². The van der Waals surface area contributed by atoms with E-state index in [1.54, 1.807) is 19.5 Å². The van der Waals surface area contributed by atoms with Gasteiger partial charge in [-0.2, -0.15) is 0 Å². The Bertz CT molecular complexity index is 968. The van der Waals surface area contributed by atoms with E-state index in [-0.39, 0.29) is 6.04 Å². The zero-order valence-corrected chi connectivity index (χ0v) is 15.6. The largest absolute Gasteiger partial charge is 0.497 e. The molecule has 0 radical (unpaired) electrons. The second-order valence-corrected chi connectivity index (χ2v) is 6.38. The van der Waals surface area contributed by atoms with Gasteiger partial charge in [0, 0.05) is 42.2 Å². The topological polar surface area (TPSA) is 38.2 Å². The van der Waals surface area contributed by atoms with E-state index in [1.807, 2.05) is 60.9 Å². The molecule has 0 N–H and O–H groups in total. The minimum Gasteiger partial charge on any atom is -0.497 e. The summed E-state index contributed by atoms with van der Waals surface area (Å²) in [4.78, 5) is 11.0. The molecule has 0 unspecified atom stereocenters. The van der Waals surface area contributed by atoms with E-state index in [0.717, 1.165) is 28.3 Å². The molecule has 0 fully saturated rings. The molecular weight excluding hydrogens is 346 g/mol. The minimum atomic E-state index is -0.0862. The van der Waals surface area contributed by atoms with Crippen molar-refractivity contribution in [3.8, 4) is 5.75 Å². The molecule has 4 nitrogen and oxygen atoms in total. The van der Waals surface area contributed by atoms with Crippen LogP contribution in [-0.2, 0) is 0 Å². The summed E-state index contributed by atoms with van der Waals surface area (Å²) < 4.78 is 5.48. The monoisotopic (exact) mass is 367 g/mol. The van der Waals surface area contributed by atoms with Crippen LogP contribution in [0.5, 0.6) is 5.75 Å². The number of rotatable bonds is 6. The van der Waals surface area contributed by atoms with Gasteiger partial charge in [0.1, 0.15) is 5.75 Å². The zero-order chi connectivity index (χ0) is 19.2. The van der Waals surface area contributed by atoms with Crippen LogP contribution in [0.15, 0.2) is 104 Å². The van der Waals surface area contributed by atoms with Gasteiger partial charge in [-0.3, -0.25) is 9.97 Å². The lowest BCUT2D eigenvalue weighted by molar-refractivity contribution is 0.415. The van der Waals surface area contributed by atoms with Gasteiger partial charge in [0.05, 0.1) is 13.2 Å². The van der Waals surface area contributed by atoms with E-state index in [4.69, 9.17) is 4.74 Å². The Hall–Kier alpha value is -3.66. The number of para-hydroxylation sites is 1. The minimum absolute atomic E-state index is 0.0862. The molecule has 0 saturated carbocycles. The third-order valence-corrected chi connectivity index (χ3v) is 4.62. The molecule has 4 rings (SSSR count). The predicted molar refractivity (Wildman–Crippen MR) is 112 cm³/mol. The molecule has 2 heterocycles. The van der Waals surface area contributed by atoms with Gasteiger partial charge < -0.3 is 9.64 Å². The Labute approximate surface area is 165 Å². The fourth-order valence-corrected chi connectivity index (χ4v) is 3.36. The maximum absolute atomic E-state index is 5.48. The summed E-state index contributed by atoms with van der Waals surface area (Å²) >= 11 is 0. The molecule has 138 valence electrons. The maximum Gasteiger partial charge on any atom is 0.120 e. The van der Waals surface area contributed by atoms with Crippen LogP contribution < -0.4 is 9.64 Å². The Morgan fingerprint density at radius 1 is 0.714 bits per heavy atom. The second-order valence-electron chi connectivity index (χ2n) is 6.38. The summed E-state index contributed by atoms with van der Waals surface area (Å²) in [6.45, 7) is 0. The number of hydrogen-bond acceptors (Lipinski definition) is 4. The normalized spacial score (nSPS) is 10.6. The van der Waals surface area contributed by atoms with Crippen molar-refractivity contribution in [2.45, 2.75) is 6.04 Å². The number of anilines is 2. The van der Waals surface area contributed by atoms with Crippen molar-refractivity contribution in [1.29, 1.82) is 0 Å². The molecule has 0 saturated heterocycles. The fraction of sp³-hybridized carbons (Fsp3) is 0.0833. The molecule has 0 aliphatic rings. The molecule has 0 atom stereocenters. The van der Waals surface area contributed by atoms with Gasteiger partial charge in [0.2, 0.25) is 0 Å². The molecule has 0 spiro atoms. The third-order valence-electron chi connectivity index (χ3n) is 4.62. The fourth-order valence-electron chi connectivity index (χ4n) is 3.36. The van der Waals surface area contributed by atoms with Crippen molar-refractivity contribution in [2.75, 3.05) is 12.0 Å². The van der Waals surface area contributed by atoms with Crippen LogP contribution in [0.2, 0.25) is 0 Å². The van der Waals surface area contributed by atoms with Crippen LogP contribution in [0.3, 0.4) is 0 Å². The number of aromatic nitrogens is 2. The number of benzene rings is 2. The molecule has 4 aromatic rings. The van der Waals surface area contributed by atoms with E-state index >= 15 is 0 Å². The van der Waals surface area contributed by atoms with Gasteiger partial charge in [-0.15, -0.1) is 0 Å². The Balaban J connectivity index is 1.94. The predicted octanol–water partition coefficient (Wildman–Crippen LogP) is 5.41. The lowest BCUT2D eigenvalue weighted by Crippen LogP contribution is -2.25. The first-order valence-corrected chi connectivity index (χ1v) is 9.15. The first-order valence-electron chi connectivity index (χ1n) is 9.15. The standard InChI is InChI=1S/C24H21N3O/c1-28-23-13-5-12-22(16-23)27(21-10-3-2-4-11-21)24(19-8-6-14-25-17-19)20-9-7-15-26-18-20/h2-18,24H,1H3. The first-order chi connectivity index (χ1) is 13.9. The van der Waals surface area contributed by atoms with Crippen LogP contribution in [0.4, 0.5) is 11.4 Å². The average molecular weight is 367 g/mol. The molecule has 28 heavy (non-hydrogen) atoms. The van der Waals surface area contributed by atoms with Gasteiger partial charge in [-0.1, -0.05) is 36.4 Å². The van der Waals surface area contributed by atoms with E-state index in [2.05, 4.69) is 45.2 Å². The first kappa shape index (κ1) is 17.7. The second kappa shape index (κ2) is 8.35. The number of ether oxygens (including phenoxy) is 1. The van der Waals surface area contributed by atoms with E-state index < -0.39 is 0 Å². The van der Waals surface area contributed by atoms with Gasteiger partial charge in [0.15, 0.2) is 0 Å². The number of hydrogen-bond donors (Lipinski definition) is 0. The van der Waals surface area contributed by atoms with Crippen LogP contribution >= 0.6 is 0 Å². The lowest BCUT2D eigenvalue weighted by Gasteiger charge is -2.34. The van der Waals surface area contributed by atoms with Crippen LogP contribution in [-0.4, -0.2) is 17.1 Å². The van der Waals surface area contributed by atoms with Crippen molar-refractivity contribution in [2.24, 2.45) is 0 Å². The summed E-state index contributed by atoms with van der Waals surface area (Å²) in [5.41, 5.74) is 4.28. The summed E-state index contributed by atoms with van der Waals surface area (Å²) in [6.07, 6.45) is 7.41. The smallest absolute Gasteiger partial charge is 0.120 e. The molecule has 2 aromatic carbocycles. The van der Waals surface area contributed by atoms with Crippen molar-refractivity contribution in [3.63, 3.8) is 0 Å². The molecule has 4 heteroatoms. The van der Waals surface area contributed by atoms with E-state index in [9.17, 15) is 0 Å². The highest BCUT2D eigenvalue weighted by Gasteiger charge is 2.25. The lowest BCUT2D eigenvalue weighted by atomic mass is 9.98. The summed E-state index contributed by atoms with van der Waals surface area (Å²) in [5, 5.41) is 0. The van der Waals surface area contributed by atoms with Gasteiger partial charge in [0.25, 0.3) is 0 Å². The van der Waals surface area contributed by atoms with Gasteiger partial charge in [-0.05, 0) is 47.5 Å². The van der Waals surface area contributed by atoms with E-state index in [1.165, 1.54) is 0 Å². The molecule has 0 aliphatic carbocycles. The van der Waals surface area contributed by atoms with Gasteiger partial charge in [-0.25, -0.2) is 0 Å². The average Bonchev–Trinajstić information content (AvgIpc) is 2.79. The van der Waals surface area contributed by atoms with Crippen molar-refractivity contribution in [3.05, 3.63) is 115 Å². The SMILES string of the molecule is COc1cccc(N(c2ccccc2)C(c2cccnc2)c2cccnc2)c1. The highest BCUT2D eigenvalue weighted by Crippen LogP contribution is 2.39. The molecule has 0 bridgehead atoms. The highest BCUT2D eigenvalue weighted by molar-refractivity contribution is 5.68. The zero-order valence-electron chi connectivity index (χ0n) is 15.6. The van der Waals surface area contributed by atoms with Crippen LogP contribution in [0.1, 0.15) is 17.2 Å². The Morgan fingerprint density at radius 3 is 1.93 bits per heavy atom. The Kier molecular flexibility index (Phi) is 5.29. The molecular formula is C24H21N3O. The quantitative estimate of drug-likeness (QED) is 0.456. The summed E-state index contributed by atoms with van der Waals surface area (Å²) in [7, 11) is 1.69. The third kappa shape index (κ3) is 3.71. The molecule has 2 aromatic heterocycles. The molecule has 0 aliphatic heterocycles. The summed E-state index contributed by atoms with van der Waals surface area (Å²) in [5.74, 6) is 0.814. The number of methoxy groups -OCH3 is 1. The van der Waals surface area contributed by atoms with Crippen molar-refractivity contribution in [1.82, 2.24) is 9.97 Å². The van der Waals surface area contributed by atoms with Crippen molar-refractivity contribution >= 4 is 11.4 Å². The number of pyridine rings is 2.